The van der Waals surface area contributed by atoms with Gasteiger partial charge in [-0.25, -0.2) is 4.90 Å². The maximum atomic E-state index is 13.8. The molecule has 1 N–H and O–H groups in total. The molecule has 2 aliphatic rings. The number of carbonyl (C=O) groups excluding carboxylic acids is 2. The molecule has 3 aromatic rings. The van der Waals surface area contributed by atoms with Gasteiger partial charge >= 0.3 is 0 Å². The second kappa shape index (κ2) is 8.26. The van der Waals surface area contributed by atoms with Gasteiger partial charge in [0.1, 0.15) is 11.4 Å². The van der Waals surface area contributed by atoms with E-state index in [2.05, 4.69) is 5.32 Å². The fourth-order valence-electron chi connectivity index (χ4n) is 4.12. The largest absolute Gasteiger partial charge is 0.495 e. The number of nitrogens with one attached hydrogen (secondary N) is 1. The SMILES string of the molecule is COc1ccc(C)cc1N1C(=O)C(Nc2ccc3c(c2)OCO3)=C(c2ccc(C)c(C)c2)C1=O. The number of methoxy groups -OCH3 is 1. The molecule has 0 unspecified atom stereocenters. The van der Waals surface area contributed by atoms with Crippen molar-refractivity contribution in [3.63, 3.8) is 0 Å². The summed E-state index contributed by atoms with van der Waals surface area (Å²) in [6.45, 7) is 6.03. The monoisotopic (exact) mass is 456 g/mol. The number of imide groups is 1. The normalized spacial score (nSPS) is 14.8. The number of aryl methyl sites for hydroxylation is 3. The molecule has 0 radical (unpaired) electrons. The summed E-state index contributed by atoms with van der Waals surface area (Å²) >= 11 is 0. The summed E-state index contributed by atoms with van der Waals surface area (Å²) in [6, 6.07) is 16.4. The lowest BCUT2D eigenvalue weighted by Crippen LogP contribution is -2.32. The molecule has 3 aromatic carbocycles. The molecule has 0 bridgehead atoms. The lowest BCUT2D eigenvalue weighted by atomic mass is 9.99. The second-order valence-electron chi connectivity index (χ2n) is 8.36. The van der Waals surface area contributed by atoms with E-state index in [1.54, 1.807) is 30.3 Å². The van der Waals surface area contributed by atoms with E-state index < -0.39 is 11.8 Å². The van der Waals surface area contributed by atoms with Crippen molar-refractivity contribution < 1.29 is 23.8 Å². The van der Waals surface area contributed by atoms with Gasteiger partial charge in [0.15, 0.2) is 11.5 Å². The van der Waals surface area contributed by atoms with E-state index >= 15 is 0 Å². The Balaban J connectivity index is 1.64. The van der Waals surface area contributed by atoms with Gasteiger partial charge < -0.3 is 19.5 Å². The molecule has 172 valence electrons. The first-order valence-corrected chi connectivity index (χ1v) is 10.9. The first-order chi connectivity index (χ1) is 16.4. The van der Waals surface area contributed by atoms with Gasteiger partial charge in [-0.05, 0) is 67.3 Å². The number of hydrogen-bond donors (Lipinski definition) is 1. The van der Waals surface area contributed by atoms with Crippen LogP contribution in [-0.4, -0.2) is 25.7 Å². The third-order valence-corrected chi connectivity index (χ3v) is 6.10. The van der Waals surface area contributed by atoms with Crippen LogP contribution < -0.4 is 24.4 Å². The zero-order valence-electron chi connectivity index (χ0n) is 19.4. The number of fused-ring (bicyclic) bond motifs is 1. The van der Waals surface area contributed by atoms with Crippen LogP contribution in [0.3, 0.4) is 0 Å². The minimum Gasteiger partial charge on any atom is -0.495 e. The Bertz CT molecular complexity index is 1380. The van der Waals surface area contributed by atoms with Gasteiger partial charge in [0.05, 0.1) is 18.4 Å². The fourth-order valence-corrected chi connectivity index (χ4v) is 4.12. The van der Waals surface area contributed by atoms with Gasteiger partial charge in [-0.3, -0.25) is 9.59 Å². The molecule has 34 heavy (non-hydrogen) atoms. The summed E-state index contributed by atoms with van der Waals surface area (Å²) in [6.07, 6.45) is 0. The molecule has 0 atom stereocenters. The smallest absolute Gasteiger partial charge is 0.282 e. The Kier molecular flexibility index (Phi) is 5.24. The van der Waals surface area contributed by atoms with Crippen molar-refractivity contribution in [1.29, 1.82) is 0 Å². The molecule has 2 heterocycles. The van der Waals surface area contributed by atoms with Crippen molar-refractivity contribution >= 4 is 28.8 Å². The van der Waals surface area contributed by atoms with Crippen molar-refractivity contribution in [1.82, 2.24) is 0 Å². The van der Waals surface area contributed by atoms with Crippen molar-refractivity contribution in [2.75, 3.05) is 24.1 Å². The number of hydrogen-bond acceptors (Lipinski definition) is 6. The number of nitrogens with zero attached hydrogens (tertiary/aromatic N) is 1. The van der Waals surface area contributed by atoms with E-state index in [0.29, 0.717) is 39.8 Å². The third kappa shape index (κ3) is 3.55. The van der Waals surface area contributed by atoms with Crippen LogP contribution in [0.2, 0.25) is 0 Å². The first-order valence-electron chi connectivity index (χ1n) is 10.9. The first kappa shape index (κ1) is 21.6. The van der Waals surface area contributed by atoms with Crippen LogP contribution in [0, 0.1) is 20.8 Å². The zero-order valence-corrected chi connectivity index (χ0v) is 19.4. The van der Waals surface area contributed by atoms with Gasteiger partial charge in [0.2, 0.25) is 6.79 Å². The molecule has 5 rings (SSSR count). The van der Waals surface area contributed by atoms with Crippen molar-refractivity contribution in [2.24, 2.45) is 0 Å². The van der Waals surface area contributed by atoms with Crippen LogP contribution in [0.1, 0.15) is 22.3 Å². The highest BCUT2D eigenvalue weighted by Crippen LogP contribution is 2.40. The number of ether oxygens (including phenoxy) is 3. The Morgan fingerprint density at radius 2 is 1.65 bits per heavy atom. The average Bonchev–Trinajstić information content (AvgIpc) is 3.38. The lowest BCUT2D eigenvalue weighted by Gasteiger charge is -2.19. The van der Waals surface area contributed by atoms with Crippen LogP contribution in [0.4, 0.5) is 11.4 Å². The van der Waals surface area contributed by atoms with Gasteiger partial charge in [-0.1, -0.05) is 24.3 Å². The quantitative estimate of drug-likeness (QED) is 0.559. The molecule has 0 fully saturated rings. The Labute approximate surface area is 197 Å². The summed E-state index contributed by atoms with van der Waals surface area (Å²) < 4.78 is 16.3. The molecule has 0 aliphatic carbocycles. The highest BCUT2D eigenvalue weighted by Gasteiger charge is 2.41. The van der Waals surface area contributed by atoms with Gasteiger partial charge in [-0.2, -0.15) is 0 Å². The zero-order chi connectivity index (χ0) is 24.0. The maximum absolute atomic E-state index is 13.8. The van der Waals surface area contributed by atoms with E-state index in [0.717, 1.165) is 16.7 Å². The third-order valence-electron chi connectivity index (χ3n) is 6.10. The second-order valence-corrected chi connectivity index (χ2v) is 8.36. The van der Waals surface area contributed by atoms with Crippen molar-refractivity contribution in [3.8, 4) is 17.2 Å². The van der Waals surface area contributed by atoms with Crippen LogP contribution in [0.5, 0.6) is 17.2 Å². The fraction of sp³-hybridized carbons (Fsp3) is 0.185. The van der Waals surface area contributed by atoms with Gasteiger partial charge in [-0.15, -0.1) is 0 Å². The van der Waals surface area contributed by atoms with Crippen LogP contribution in [0.15, 0.2) is 60.3 Å². The molecule has 2 aliphatic heterocycles. The lowest BCUT2D eigenvalue weighted by molar-refractivity contribution is -0.120. The summed E-state index contributed by atoms with van der Waals surface area (Å²) in [5.41, 5.74) is 5.20. The summed E-state index contributed by atoms with van der Waals surface area (Å²) in [5.74, 6) is 0.775. The number of carbonyl (C=O) groups is 2. The molecule has 7 heteroatoms. The van der Waals surface area contributed by atoms with E-state index in [1.807, 2.05) is 45.0 Å². The van der Waals surface area contributed by atoms with Crippen LogP contribution in [0.25, 0.3) is 5.57 Å². The molecule has 0 spiro atoms. The molecule has 2 amide bonds. The Morgan fingerprint density at radius 1 is 0.853 bits per heavy atom. The number of amides is 2. The van der Waals surface area contributed by atoms with Gasteiger partial charge in [0, 0.05) is 11.8 Å². The highest BCUT2D eigenvalue weighted by atomic mass is 16.7. The maximum Gasteiger partial charge on any atom is 0.282 e. The molecule has 7 nitrogen and oxygen atoms in total. The highest BCUT2D eigenvalue weighted by molar-refractivity contribution is 6.46. The van der Waals surface area contributed by atoms with Crippen LogP contribution in [-0.2, 0) is 9.59 Å². The van der Waals surface area contributed by atoms with E-state index in [-0.39, 0.29) is 12.5 Å². The van der Waals surface area contributed by atoms with Crippen LogP contribution >= 0.6 is 0 Å². The van der Waals surface area contributed by atoms with E-state index in [9.17, 15) is 9.59 Å². The van der Waals surface area contributed by atoms with Crippen molar-refractivity contribution in [3.05, 3.63) is 82.5 Å². The topological polar surface area (TPSA) is 77.1 Å². The molecular weight excluding hydrogens is 432 g/mol. The van der Waals surface area contributed by atoms with E-state index in [4.69, 9.17) is 14.2 Å². The standard InChI is InChI=1S/C27H24N2O5/c1-15-5-9-21(32-4)20(11-15)29-26(30)24(18-7-6-16(2)17(3)12-18)25(27(29)31)28-19-8-10-22-23(13-19)34-14-33-22/h5-13,28H,14H2,1-4H3. The number of benzene rings is 3. The molecule has 0 saturated heterocycles. The van der Waals surface area contributed by atoms with Crippen molar-refractivity contribution in [2.45, 2.75) is 20.8 Å². The minimum absolute atomic E-state index is 0.147. The number of rotatable bonds is 5. The summed E-state index contributed by atoms with van der Waals surface area (Å²) in [7, 11) is 1.52. The van der Waals surface area contributed by atoms with Gasteiger partial charge in [0.25, 0.3) is 11.8 Å². The predicted octanol–water partition coefficient (Wildman–Crippen LogP) is 4.75. The average molecular weight is 456 g/mol. The summed E-state index contributed by atoms with van der Waals surface area (Å²) in [4.78, 5) is 28.7. The Hall–Kier alpha value is -4.26. The number of anilines is 2. The molecule has 0 aromatic heterocycles. The predicted molar refractivity (Wildman–Crippen MR) is 129 cm³/mol. The van der Waals surface area contributed by atoms with E-state index in [1.165, 1.54) is 12.0 Å². The Morgan fingerprint density at radius 3 is 2.41 bits per heavy atom. The molecule has 0 saturated carbocycles. The minimum atomic E-state index is -0.459. The summed E-state index contributed by atoms with van der Waals surface area (Å²) in [5, 5.41) is 3.18. The molecular formula is C27H24N2O5.